The molecule has 5 heteroatoms. The van der Waals surface area contributed by atoms with Crippen molar-refractivity contribution >= 4 is 11.6 Å². The number of nitrogens with one attached hydrogen (secondary N) is 1. The van der Waals surface area contributed by atoms with Crippen molar-refractivity contribution in [3.63, 3.8) is 0 Å². The molecular weight excluding hydrogens is 280 g/mol. The third-order valence-corrected chi connectivity index (χ3v) is 3.00. The Bertz CT molecular complexity index is 690. The summed E-state index contributed by atoms with van der Waals surface area (Å²) in [5.74, 6) is 0.934. The number of ether oxygens (including phenoxy) is 2. The Morgan fingerprint density at radius 3 is 2.55 bits per heavy atom. The first-order valence-corrected chi connectivity index (χ1v) is 6.74. The zero-order valence-electron chi connectivity index (χ0n) is 12.4. The first kappa shape index (κ1) is 15.4. The number of carbonyl (C=O) groups is 1. The van der Waals surface area contributed by atoms with Crippen LogP contribution in [-0.4, -0.2) is 19.1 Å². The Morgan fingerprint density at radius 1 is 1.18 bits per heavy atom. The molecule has 1 N–H and O–H groups in total. The number of carbonyl (C=O) groups excluding carboxylic acids is 1. The Balaban J connectivity index is 1.97. The second-order valence-electron chi connectivity index (χ2n) is 4.62. The van der Waals surface area contributed by atoms with Gasteiger partial charge in [0.15, 0.2) is 6.10 Å². The number of nitriles is 1. The summed E-state index contributed by atoms with van der Waals surface area (Å²) in [4.78, 5) is 12.1. The van der Waals surface area contributed by atoms with E-state index in [1.807, 2.05) is 6.07 Å². The van der Waals surface area contributed by atoms with Gasteiger partial charge in [-0.3, -0.25) is 4.79 Å². The molecule has 0 aliphatic carbocycles. The van der Waals surface area contributed by atoms with E-state index in [4.69, 9.17) is 14.7 Å². The third-order valence-electron chi connectivity index (χ3n) is 3.00. The van der Waals surface area contributed by atoms with Gasteiger partial charge in [0.1, 0.15) is 11.5 Å². The molecule has 0 heterocycles. The van der Waals surface area contributed by atoms with E-state index in [0.29, 0.717) is 22.7 Å². The van der Waals surface area contributed by atoms with Crippen LogP contribution in [0.2, 0.25) is 0 Å². The quantitative estimate of drug-likeness (QED) is 0.920. The second-order valence-corrected chi connectivity index (χ2v) is 4.62. The zero-order valence-corrected chi connectivity index (χ0v) is 12.4. The van der Waals surface area contributed by atoms with Crippen LogP contribution in [0.25, 0.3) is 0 Å². The zero-order chi connectivity index (χ0) is 15.9. The Morgan fingerprint density at radius 2 is 1.91 bits per heavy atom. The number of amides is 1. The summed E-state index contributed by atoms with van der Waals surface area (Å²) in [6.07, 6.45) is -0.667. The highest BCUT2D eigenvalue weighted by Gasteiger charge is 2.15. The number of nitrogens with zero attached hydrogens (tertiary/aromatic N) is 1. The molecule has 2 aromatic rings. The summed E-state index contributed by atoms with van der Waals surface area (Å²) in [7, 11) is 1.57. The number of benzene rings is 2. The van der Waals surface area contributed by atoms with Crippen LogP contribution in [0.3, 0.4) is 0 Å². The van der Waals surface area contributed by atoms with Crippen LogP contribution in [0.5, 0.6) is 11.5 Å². The van der Waals surface area contributed by atoms with Crippen LogP contribution in [0, 0.1) is 11.3 Å². The number of hydrogen-bond donors (Lipinski definition) is 1. The lowest BCUT2D eigenvalue weighted by molar-refractivity contribution is -0.122. The maximum Gasteiger partial charge on any atom is 0.265 e. The third kappa shape index (κ3) is 4.00. The van der Waals surface area contributed by atoms with E-state index in [9.17, 15) is 4.79 Å². The highest BCUT2D eigenvalue weighted by atomic mass is 16.5. The largest absolute Gasteiger partial charge is 0.497 e. The summed E-state index contributed by atoms with van der Waals surface area (Å²) < 4.78 is 10.7. The van der Waals surface area contributed by atoms with Crippen LogP contribution in [0.4, 0.5) is 5.69 Å². The molecule has 112 valence electrons. The van der Waals surface area contributed by atoms with Gasteiger partial charge in [-0.25, -0.2) is 0 Å². The molecule has 0 spiro atoms. The normalized spacial score (nSPS) is 11.1. The molecule has 1 amide bonds. The molecule has 0 aliphatic heterocycles. The van der Waals surface area contributed by atoms with E-state index in [0.717, 1.165) is 0 Å². The number of anilines is 1. The van der Waals surface area contributed by atoms with Gasteiger partial charge in [-0.15, -0.1) is 0 Å². The van der Waals surface area contributed by atoms with E-state index >= 15 is 0 Å². The van der Waals surface area contributed by atoms with E-state index in [2.05, 4.69) is 5.32 Å². The summed E-state index contributed by atoms with van der Waals surface area (Å²) in [5.41, 5.74) is 1.18. The molecule has 0 saturated heterocycles. The minimum absolute atomic E-state index is 0.266. The van der Waals surface area contributed by atoms with Crippen molar-refractivity contribution < 1.29 is 14.3 Å². The van der Waals surface area contributed by atoms with Gasteiger partial charge in [0.25, 0.3) is 5.91 Å². The molecule has 22 heavy (non-hydrogen) atoms. The van der Waals surface area contributed by atoms with Gasteiger partial charge in [-0.2, -0.15) is 5.26 Å². The van der Waals surface area contributed by atoms with E-state index in [-0.39, 0.29) is 5.91 Å². The molecular formula is C17H16N2O3. The summed E-state index contributed by atoms with van der Waals surface area (Å²) in [6.45, 7) is 1.66. The Labute approximate surface area is 129 Å². The van der Waals surface area contributed by atoms with Gasteiger partial charge in [-0.05, 0) is 43.3 Å². The lowest BCUT2D eigenvalue weighted by Gasteiger charge is -2.15. The summed E-state index contributed by atoms with van der Waals surface area (Å²) in [5, 5.41) is 11.5. The van der Waals surface area contributed by atoms with Gasteiger partial charge in [0, 0.05) is 11.8 Å². The molecule has 1 unspecified atom stereocenters. The van der Waals surface area contributed by atoms with Crippen LogP contribution in [0.1, 0.15) is 12.5 Å². The van der Waals surface area contributed by atoms with Crippen molar-refractivity contribution in [1.29, 1.82) is 5.26 Å². The lowest BCUT2D eigenvalue weighted by atomic mass is 10.2. The Kier molecular flexibility index (Phi) is 4.99. The van der Waals surface area contributed by atoms with Crippen LogP contribution in [-0.2, 0) is 4.79 Å². The van der Waals surface area contributed by atoms with Gasteiger partial charge >= 0.3 is 0 Å². The van der Waals surface area contributed by atoms with E-state index < -0.39 is 6.10 Å². The number of rotatable bonds is 5. The minimum atomic E-state index is -0.667. The maximum atomic E-state index is 12.1. The lowest BCUT2D eigenvalue weighted by Crippen LogP contribution is -2.30. The fraction of sp³-hybridized carbons (Fsp3) is 0.176. The molecule has 2 aromatic carbocycles. The topological polar surface area (TPSA) is 71.3 Å². The Hall–Kier alpha value is -3.00. The first-order valence-electron chi connectivity index (χ1n) is 6.74. The highest BCUT2D eigenvalue weighted by Crippen LogP contribution is 2.18. The molecule has 0 aliphatic rings. The van der Waals surface area contributed by atoms with Crippen molar-refractivity contribution in [2.45, 2.75) is 13.0 Å². The molecule has 1 atom stereocenters. The SMILES string of the molecule is COc1cccc(NC(=O)C(C)Oc2ccc(C#N)cc2)c1. The van der Waals surface area contributed by atoms with Gasteiger partial charge in [0.05, 0.1) is 18.7 Å². The smallest absolute Gasteiger partial charge is 0.265 e. The summed E-state index contributed by atoms with van der Waals surface area (Å²) in [6, 6.07) is 15.7. The molecule has 5 nitrogen and oxygen atoms in total. The van der Waals surface area contributed by atoms with Crippen LogP contribution in [0.15, 0.2) is 48.5 Å². The molecule has 0 fully saturated rings. The van der Waals surface area contributed by atoms with E-state index in [1.165, 1.54) is 0 Å². The fourth-order valence-corrected chi connectivity index (χ4v) is 1.81. The molecule has 2 rings (SSSR count). The molecule has 0 saturated carbocycles. The van der Waals surface area contributed by atoms with Crippen LogP contribution < -0.4 is 14.8 Å². The van der Waals surface area contributed by atoms with Crippen LogP contribution >= 0.6 is 0 Å². The predicted molar refractivity (Wildman–Crippen MR) is 82.9 cm³/mol. The average Bonchev–Trinajstić information content (AvgIpc) is 2.55. The first-order chi connectivity index (χ1) is 10.6. The second kappa shape index (κ2) is 7.14. The van der Waals surface area contributed by atoms with Crippen molar-refractivity contribution in [3.8, 4) is 17.6 Å². The number of hydrogen-bond acceptors (Lipinski definition) is 4. The van der Waals surface area contributed by atoms with Crippen molar-refractivity contribution in [3.05, 3.63) is 54.1 Å². The number of methoxy groups -OCH3 is 1. The predicted octanol–water partition coefficient (Wildman–Crippen LogP) is 2.97. The van der Waals surface area contributed by atoms with Gasteiger partial charge < -0.3 is 14.8 Å². The van der Waals surface area contributed by atoms with Gasteiger partial charge in [-0.1, -0.05) is 6.07 Å². The standard InChI is InChI=1S/C17H16N2O3/c1-12(22-15-8-6-13(11-18)7-9-15)17(20)19-14-4-3-5-16(10-14)21-2/h3-10,12H,1-2H3,(H,19,20). The van der Waals surface area contributed by atoms with Gasteiger partial charge in [0.2, 0.25) is 0 Å². The van der Waals surface area contributed by atoms with E-state index in [1.54, 1.807) is 62.6 Å². The van der Waals surface area contributed by atoms with Crippen molar-refractivity contribution in [1.82, 2.24) is 0 Å². The summed E-state index contributed by atoms with van der Waals surface area (Å²) >= 11 is 0. The fourth-order valence-electron chi connectivity index (χ4n) is 1.81. The molecule has 0 bridgehead atoms. The molecule has 0 radical (unpaired) electrons. The monoisotopic (exact) mass is 296 g/mol. The molecule has 0 aromatic heterocycles. The maximum absolute atomic E-state index is 12.1. The van der Waals surface area contributed by atoms with Crippen molar-refractivity contribution in [2.24, 2.45) is 0 Å². The average molecular weight is 296 g/mol. The highest BCUT2D eigenvalue weighted by molar-refractivity contribution is 5.94. The minimum Gasteiger partial charge on any atom is -0.497 e. The van der Waals surface area contributed by atoms with Crippen molar-refractivity contribution in [2.75, 3.05) is 12.4 Å².